The molecule has 70 valence electrons. The molecule has 0 aromatic carbocycles. The van der Waals surface area contributed by atoms with E-state index in [2.05, 4.69) is 8.49 Å². The van der Waals surface area contributed by atoms with Crippen LogP contribution in [0.3, 0.4) is 0 Å². The van der Waals surface area contributed by atoms with E-state index in [1.807, 2.05) is 6.92 Å². The fraction of sp³-hybridized carbons (Fsp3) is 0.286. The van der Waals surface area contributed by atoms with Crippen LogP contribution in [-0.2, 0) is 48.5 Å². The molecule has 0 bridgehead atoms. The number of rotatable bonds is 4. The van der Waals surface area contributed by atoms with Gasteiger partial charge in [0.15, 0.2) is 0 Å². The number of carbonyl (C=O) groups is 1. The second-order valence-corrected chi connectivity index (χ2v) is 4.69. The van der Waals surface area contributed by atoms with Gasteiger partial charge in [-0.05, 0) is 0 Å². The van der Waals surface area contributed by atoms with Crippen LogP contribution >= 0.6 is 0 Å². The number of nitrogens with zero attached hydrogens (tertiary/aromatic N) is 2. The topological polar surface area (TPSA) is 51.0 Å². The predicted molar refractivity (Wildman–Crippen MR) is 41.5 cm³/mol. The zero-order valence-electron chi connectivity index (χ0n) is 7.18. The number of amidine groups is 1. The summed E-state index contributed by atoms with van der Waals surface area (Å²) >= 11 is 2.30. The molecule has 0 aromatic heterocycles. The van der Waals surface area contributed by atoms with E-state index in [4.69, 9.17) is 4.74 Å². The zero-order chi connectivity index (χ0) is 10.3. The molecular formula is C7H8N2O2W2. The van der Waals surface area contributed by atoms with Crippen molar-refractivity contribution >= 4 is 16.3 Å². The van der Waals surface area contributed by atoms with Crippen LogP contribution < -0.4 is 0 Å². The van der Waals surface area contributed by atoms with Crippen LogP contribution in [0.2, 0.25) is 0 Å². The van der Waals surface area contributed by atoms with Gasteiger partial charge in [0.25, 0.3) is 0 Å². The van der Waals surface area contributed by atoms with Crippen LogP contribution in [0.1, 0.15) is 13.8 Å². The van der Waals surface area contributed by atoms with Crippen molar-refractivity contribution in [2.45, 2.75) is 13.8 Å². The maximum atomic E-state index is 10.1. The van der Waals surface area contributed by atoms with Crippen molar-refractivity contribution in [3.05, 3.63) is 11.8 Å². The van der Waals surface area contributed by atoms with Crippen molar-refractivity contribution in [1.29, 1.82) is 0 Å². The molecule has 0 saturated heterocycles. The van der Waals surface area contributed by atoms with Crippen molar-refractivity contribution in [3.8, 4) is 0 Å². The molecule has 0 saturated carbocycles. The molecule has 0 N–H and O–H groups in total. The van der Waals surface area contributed by atoms with Gasteiger partial charge in [-0.3, -0.25) is 0 Å². The summed E-state index contributed by atoms with van der Waals surface area (Å²) in [6.07, 6.45) is 1.66. The Bertz CT molecular complexity index is 284. The fourth-order valence-corrected chi connectivity index (χ4v) is 1.35. The third-order valence-electron chi connectivity index (χ3n) is 1.01. The summed E-state index contributed by atoms with van der Waals surface area (Å²) in [6, 6.07) is 0. The van der Waals surface area contributed by atoms with E-state index < -0.39 is 0 Å². The Hall–Kier alpha value is -0.0734. The molecule has 0 radical (unpaired) electrons. The van der Waals surface area contributed by atoms with E-state index in [1.165, 1.54) is 19.4 Å². The van der Waals surface area contributed by atoms with Gasteiger partial charge < -0.3 is 0 Å². The molecule has 0 atom stereocenters. The Balaban J connectivity index is 4.83. The summed E-state index contributed by atoms with van der Waals surface area (Å²) in [4.78, 5) is 14.3. The normalized spacial score (nSPS) is 12.2. The SMILES string of the molecule is CC=C(OC=O)C([N]=[W])=N[C](C)=[W]. The van der Waals surface area contributed by atoms with Crippen molar-refractivity contribution in [3.63, 3.8) is 0 Å². The van der Waals surface area contributed by atoms with Gasteiger partial charge in [-0.15, -0.1) is 0 Å². The van der Waals surface area contributed by atoms with Crippen molar-refractivity contribution < 1.29 is 48.5 Å². The van der Waals surface area contributed by atoms with Crippen LogP contribution in [0.25, 0.3) is 0 Å². The second-order valence-electron chi connectivity index (χ2n) is 1.91. The first-order valence-corrected chi connectivity index (χ1v) is 6.13. The molecule has 0 amide bonds. The Morgan fingerprint density at radius 3 is 2.46 bits per heavy atom. The predicted octanol–water partition coefficient (Wildman–Crippen LogP) is 0.889. The van der Waals surface area contributed by atoms with Crippen molar-refractivity contribution in [1.82, 2.24) is 0 Å². The minimum atomic E-state index is 0.378. The molecule has 0 aliphatic carbocycles. The summed E-state index contributed by atoms with van der Waals surface area (Å²) < 4.78 is 9.65. The van der Waals surface area contributed by atoms with Gasteiger partial charge >= 0.3 is 99.0 Å². The van der Waals surface area contributed by atoms with Crippen molar-refractivity contribution in [2.24, 2.45) is 8.49 Å². The molecule has 0 spiro atoms. The quantitative estimate of drug-likeness (QED) is 0.240. The molecule has 0 aliphatic rings. The molecule has 13 heavy (non-hydrogen) atoms. The van der Waals surface area contributed by atoms with Crippen LogP contribution in [0.4, 0.5) is 0 Å². The van der Waals surface area contributed by atoms with E-state index >= 15 is 0 Å². The Morgan fingerprint density at radius 2 is 2.15 bits per heavy atom. The molecule has 4 nitrogen and oxygen atoms in total. The van der Waals surface area contributed by atoms with Crippen molar-refractivity contribution in [2.75, 3.05) is 0 Å². The van der Waals surface area contributed by atoms with Gasteiger partial charge in [-0.2, -0.15) is 0 Å². The molecule has 0 aromatic rings. The van der Waals surface area contributed by atoms with E-state index in [1.54, 1.807) is 13.0 Å². The number of carbonyl (C=O) groups excluding carboxylic acids is 1. The third-order valence-corrected chi connectivity index (χ3v) is 1.96. The number of ether oxygens (including phenoxy) is 1. The van der Waals surface area contributed by atoms with Crippen LogP contribution in [0, 0.1) is 0 Å². The summed E-state index contributed by atoms with van der Waals surface area (Å²) in [5.41, 5.74) is 0. The van der Waals surface area contributed by atoms with Crippen LogP contribution in [0.15, 0.2) is 20.3 Å². The van der Waals surface area contributed by atoms with Gasteiger partial charge in [-0.25, -0.2) is 0 Å². The summed E-state index contributed by atoms with van der Waals surface area (Å²) in [7, 11) is 0. The summed E-state index contributed by atoms with van der Waals surface area (Å²) in [5.74, 6) is 0.891. The van der Waals surface area contributed by atoms with E-state index in [9.17, 15) is 4.79 Å². The minimum absolute atomic E-state index is 0.378. The van der Waals surface area contributed by atoms with E-state index in [-0.39, 0.29) is 0 Å². The molecule has 6 heteroatoms. The molecule has 0 aliphatic heterocycles. The number of hydrogen-bond acceptors (Lipinski definition) is 3. The second kappa shape index (κ2) is 7.34. The maximum absolute atomic E-state index is 10.1. The monoisotopic (exact) mass is 520 g/mol. The van der Waals surface area contributed by atoms with Gasteiger partial charge in [0.05, 0.1) is 0 Å². The fourth-order valence-electron chi connectivity index (χ4n) is 0.571. The summed E-state index contributed by atoms with van der Waals surface area (Å²) in [5, 5.41) is 0. The molecular weight excluding hydrogens is 512 g/mol. The van der Waals surface area contributed by atoms with E-state index in [0.29, 0.717) is 18.1 Å². The standard InChI is InChI=1S/C7H8N2O2.2W/c1-3-6(11-5-10)7(8)9-4-2;;/h3,5H,1-2H3;;. The first-order valence-electron chi connectivity index (χ1n) is 3.35. The zero-order valence-corrected chi connectivity index (χ0v) is 13.0. The van der Waals surface area contributed by atoms with Gasteiger partial charge in [0, 0.05) is 0 Å². The number of allylic oxidation sites excluding steroid dienone is 1. The molecule has 0 unspecified atom stereocenters. The Kier molecular flexibility index (Phi) is 7.30. The number of hydrogen-bond donors (Lipinski definition) is 0. The van der Waals surface area contributed by atoms with Gasteiger partial charge in [0.2, 0.25) is 0 Å². The van der Waals surface area contributed by atoms with Gasteiger partial charge in [0.1, 0.15) is 0 Å². The Labute approximate surface area is 98.6 Å². The van der Waals surface area contributed by atoms with Crippen LogP contribution in [-0.4, -0.2) is 16.3 Å². The number of aliphatic imine (C=N–C) groups is 1. The molecule has 0 heterocycles. The molecule has 0 fully saturated rings. The van der Waals surface area contributed by atoms with E-state index in [0.717, 1.165) is 23.7 Å². The van der Waals surface area contributed by atoms with Gasteiger partial charge in [-0.1, -0.05) is 0 Å². The Morgan fingerprint density at radius 1 is 1.54 bits per heavy atom. The van der Waals surface area contributed by atoms with Crippen LogP contribution in [0.5, 0.6) is 0 Å². The summed E-state index contributed by atoms with van der Waals surface area (Å²) in [6.45, 7) is 4.04. The average Bonchev–Trinajstić information content (AvgIpc) is 2.10. The first kappa shape index (κ1) is 12.9. The third kappa shape index (κ3) is 5.27. The first-order chi connectivity index (χ1) is 6.15. The average molecular weight is 520 g/mol. The molecule has 0 rings (SSSR count).